The highest BCUT2D eigenvalue weighted by atomic mass is 35.5. The number of nitrogens with zero attached hydrogens (tertiary/aromatic N) is 2. The molecule has 0 spiro atoms. The van der Waals surface area contributed by atoms with E-state index in [9.17, 15) is 14.0 Å². The zero-order chi connectivity index (χ0) is 17.7. The normalized spacial score (nSPS) is 10.5. The minimum Gasteiger partial charge on any atom is -0.469 e. The van der Waals surface area contributed by atoms with Gasteiger partial charge in [0, 0.05) is 24.2 Å². The second-order valence-electron chi connectivity index (χ2n) is 4.97. The number of nitrogens with one attached hydrogen (secondary N) is 1. The number of aromatic nitrogens is 2. The summed E-state index contributed by atoms with van der Waals surface area (Å²) in [6.45, 7) is 2.54. The molecule has 0 fully saturated rings. The summed E-state index contributed by atoms with van der Waals surface area (Å²) in [5, 5.41) is 7.02. The standard InChI is InChI=1S/C16H17ClFN3O3/c1-3-21-15(13(17)9-20-21)10-6-11(8-12(18)7-10)16(23)19-5-4-14(22)24-2/h6-9H,3-5H2,1-2H3,(H,19,23). The van der Waals surface area contributed by atoms with E-state index in [0.29, 0.717) is 22.8 Å². The topological polar surface area (TPSA) is 73.2 Å². The molecule has 0 saturated carbocycles. The fourth-order valence-electron chi connectivity index (χ4n) is 2.23. The van der Waals surface area contributed by atoms with Crippen LogP contribution in [0.15, 0.2) is 24.4 Å². The van der Waals surface area contributed by atoms with Crippen molar-refractivity contribution in [1.82, 2.24) is 15.1 Å². The van der Waals surface area contributed by atoms with E-state index in [-0.39, 0.29) is 18.5 Å². The maximum atomic E-state index is 13.9. The molecule has 8 heteroatoms. The molecule has 1 N–H and O–H groups in total. The van der Waals surface area contributed by atoms with Gasteiger partial charge in [-0.15, -0.1) is 0 Å². The van der Waals surface area contributed by atoms with E-state index < -0.39 is 17.7 Å². The first-order valence-corrected chi connectivity index (χ1v) is 7.71. The summed E-state index contributed by atoms with van der Waals surface area (Å²) in [7, 11) is 1.27. The predicted octanol–water partition coefficient (Wildman–Crippen LogP) is 2.66. The van der Waals surface area contributed by atoms with Gasteiger partial charge in [0.05, 0.1) is 30.4 Å². The Bertz CT molecular complexity index is 761. The zero-order valence-electron chi connectivity index (χ0n) is 13.3. The average molecular weight is 354 g/mol. The largest absolute Gasteiger partial charge is 0.469 e. The van der Waals surface area contributed by atoms with E-state index in [1.807, 2.05) is 6.92 Å². The fourth-order valence-corrected chi connectivity index (χ4v) is 2.48. The minimum atomic E-state index is -0.564. The minimum absolute atomic E-state index is 0.0405. The molecule has 0 aliphatic rings. The number of rotatable bonds is 6. The highest BCUT2D eigenvalue weighted by Crippen LogP contribution is 2.29. The van der Waals surface area contributed by atoms with Crippen molar-refractivity contribution in [2.75, 3.05) is 13.7 Å². The van der Waals surface area contributed by atoms with Crippen LogP contribution >= 0.6 is 11.6 Å². The summed E-state index contributed by atoms with van der Waals surface area (Å²) in [4.78, 5) is 23.2. The molecular formula is C16H17ClFN3O3. The monoisotopic (exact) mass is 353 g/mol. The number of carbonyl (C=O) groups is 2. The van der Waals surface area contributed by atoms with Gasteiger partial charge in [0.1, 0.15) is 5.82 Å². The molecule has 0 aliphatic carbocycles. The van der Waals surface area contributed by atoms with Crippen LogP contribution in [0.5, 0.6) is 0 Å². The predicted molar refractivity (Wildman–Crippen MR) is 87.3 cm³/mol. The molecule has 6 nitrogen and oxygen atoms in total. The van der Waals surface area contributed by atoms with Crippen LogP contribution in [0.4, 0.5) is 4.39 Å². The lowest BCUT2D eigenvalue weighted by molar-refractivity contribution is -0.140. The third-order valence-corrected chi connectivity index (χ3v) is 3.65. The van der Waals surface area contributed by atoms with Crippen LogP contribution in [0, 0.1) is 5.82 Å². The van der Waals surface area contributed by atoms with Crippen LogP contribution in [0.3, 0.4) is 0 Å². The molecule has 1 aromatic carbocycles. The van der Waals surface area contributed by atoms with E-state index in [1.165, 1.54) is 25.4 Å². The molecule has 1 amide bonds. The van der Waals surface area contributed by atoms with Crippen molar-refractivity contribution in [3.8, 4) is 11.3 Å². The van der Waals surface area contributed by atoms with Gasteiger partial charge in [-0.1, -0.05) is 11.6 Å². The van der Waals surface area contributed by atoms with Crippen molar-refractivity contribution in [3.63, 3.8) is 0 Å². The van der Waals surface area contributed by atoms with Gasteiger partial charge in [-0.2, -0.15) is 5.10 Å². The van der Waals surface area contributed by atoms with Gasteiger partial charge in [-0.05, 0) is 25.1 Å². The second kappa shape index (κ2) is 7.92. The van der Waals surface area contributed by atoms with Crippen LogP contribution in [-0.4, -0.2) is 35.3 Å². The third kappa shape index (κ3) is 4.11. The number of aryl methyl sites for hydroxylation is 1. The number of ether oxygens (including phenoxy) is 1. The molecular weight excluding hydrogens is 337 g/mol. The maximum absolute atomic E-state index is 13.9. The zero-order valence-corrected chi connectivity index (χ0v) is 14.1. The van der Waals surface area contributed by atoms with E-state index in [0.717, 1.165) is 6.07 Å². The summed E-state index contributed by atoms with van der Waals surface area (Å²) in [5.41, 5.74) is 1.13. The lowest BCUT2D eigenvalue weighted by Gasteiger charge is -2.09. The Morgan fingerprint density at radius 3 is 2.79 bits per heavy atom. The molecule has 0 radical (unpaired) electrons. The van der Waals surface area contributed by atoms with Gasteiger partial charge in [-0.25, -0.2) is 4.39 Å². The van der Waals surface area contributed by atoms with Crippen molar-refractivity contribution < 1.29 is 18.7 Å². The second-order valence-corrected chi connectivity index (χ2v) is 5.37. The molecule has 2 aromatic rings. The summed E-state index contributed by atoms with van der Waals surface area (Å²) in [6.07, 6.45) is 1.51. The molecule has 128 valence electrons. The van der Waals surface area contributed by atoms with E-state index in [2.05, 4.69) is 15.2 Å². The SMILES string of the molecule is CCn1ncc(Cl)c1-c1cc(F)cc(C(=O)NCCC(=O)OC)c1. The summed E-state index contributed by atoms with van der Waals surface area (Å²) in [5.74, 6) is -1.49. The highest BCUT2D eigenvalue weighted by molar-refractivity contribution is 6.33. The molecule has 0 saturated heterocycles. The van der Waals surface area contributed by atoms with E-state index in [1.54, 1.807) is 4.68 Å². The molecule has 0 aliphatic heterocycles. The van der Waals surface area contributed by atoms with Crippen LogP contribution in [-0.2, 0) is 16.1 Å². The van der Waals surface area contributed by atoms with Crippen molar-refractivity contribution >= 4 is 23.5 Å². The molecule has 0 bridgehead atoms. The Hall–Kier alpha value is -2.41. The number of esters is 1. The number of halogens is 2. The lowest BCUT2D eigenvalue weighted by Crippen LogP contribution is -2.26. The van der Waals surface area contributed by atoms with E-state index in [4.69, 9.17) is 11.6 Å². The Balaban J connectivity index is 2.24. The summed E-state index contributed by atoms with van der Waals surface area (Å²) in [6, 6.07) is 3.95. The number of amides is 1. The Morgan fingerprint density at radius 2 is 2.12 bits per heavy atom. The van der Waals surface area contributed by atoms with Crippen LogP contribution in [0.25, 0.3) is 11.3 Å². The van der Waals surface area contributed by atoms with Gasteiger partial charge in [0.25, 0.3) is 5.91 Å². The molecule has 0 atom stereocenters. The van der Waals surface area contributed by atoms with Gasteiger partial charge in [0.15, 0.2) is 0 Å². The number of carbonyl (C=O) groups excluding carboxylic acids is 2. The molecule has 1 heterocycles. The van der Waals surface area contributed by atoms with Crippen LogP contribution < -0.4 is 5.32 Å². The number of benzene rings is 1. The molecule has 24 heavy (non-hydrogen) atoms. The Labute approximate surface area is 143 Å². The van der Waals surface area contributed by atoms with Gasteiger partial charge in [0.2, 0.25) is 0 Å². The third-order valence-electron chi connectivity index (χ3n) is 3.37. The Kier molecular flexibility index (Phi) is 5.92. The van der Waals surface area contributed by atoms with Crippen molar-refractivity contribution in [2.24, 2.45) is 0 Å². The van der Waals surface area contributed by atoms with Gasteiger partial charge >= 0.3 is 5.97 Å². The van der Waals surface area contributed by atoms with Crippen LogP contribution in [0.1, 0.15) is 23.7 Å². The quantitative estimate of drug-likeness (QED) is 0.810. The number of methoxy groups -OCH3 is 1. The summed E-state index contributed by atoms with van der Waals surface area (Å²) < 4.78 is 20.0. The maximum Gasteiger partial charge on any atom is 0.307 e. The van der Waals surface area contributed by atoms with Gasteiger partial charge < -0.3 is 10.1 Å². The van der Waals surface area contributed by atoms with Crippen LogP contribution in [0.2, 0.25) is 5.02 Å². The van der Waals surface area contributed by atoms with Gasteiger partial charge in [-0.3, -0.25) is 14.3 Å². The lowest BCUT2D eigenvalue weighted by atomic mass is 10.1. The number of hydrogen-bond acceptors (Lipinski definition) is 4. The number of hydrogen-bond donors (Lipinski definition) is 1. The Morgan fingerprint density at radius 1 is 1.38 bits per heavy atom. The highest BCUT2D eigenvalue weighted by Gasteiger charge is 2.15. The van der Waals surface area contributed by atoms with Crippen molar-refractivity contribution in [1.29, 1.82) is 0 Å². The first-order chi connectivity index (χ1) is 11.5. The van der Waals surface area contributed by atoms with E-state index >= 15 is 0 Å². The van der Waals surface area contributed by atoms with Crippen molar-refractivity contribution in [3.05, 3.63) is 40.8 Å². The smallest absolute Gasteiger partial charge is 0.307 e. The first kappa shape index (κ1) is 17.9. The molecule has 0 unspecified atom stereocenters. The summed E-state index contributed by atoms with van der Waals surface area (Å²) >= 11 is 6.12. The fraction of sp³-hybridized carbons (Fsp3) is 0.312. The first-order valence-electron chi connectivity index (χ1n) is 7.33. The molecule has 1 aromatic heterocycles. The molecule has 2 rings (SSSR count). The average Bonchev–Trinajstić information content (AvgIpc) is 2.94. The van der Waals surface area contributed by atoms with Crippen molar-refractivity contribution in [2.45, 2.75) is 19.9 Å².